The molecular formula is C10H14ClN3O3. The van der Waals surface area contributed by atoms with Gasteiger partial charge in [-0.3, -0.25) is 0 Å². The Bertz CT molecular complexity index is 394. The van der Waals surface area contributed by atoms with E-state index in [1.165, 1.54) is 0 Å². The largest absolute Gasteiger partial charge is 0.412 e. The second-order valence-electron chi connectivity index (χ2n) is 3.29. The molecule has 0 aliphatic heterocycles. The molecule has 0 bridgehead atoms. The number of nitrogen functional groups attached to an aromatic ring is 1. The Morgan fingerprint density at radius 3 is 2.24 bits per heavy atom. The first-order valence-corrected chi connectivity index (χ1v) is 4.60. The molecular weight excluding hydrogens is 246 g/mol. The molecule has 0 unspecified atom stereocenters. The quantitative estimate of drug-likeness (QED) is 0.406. The molecule has 0 saturated carbocycles. The lowest BCUT2D eigenvalue weighted by atomic mass is 10.1. The minimum absolute atomic E-state index is 0. The fourth-order valence-corrected chi connectivity index (χ4v) is 1.17. The average molecular weight is 260 g/mol. The van der Waals surface area contributed by atoms with Crippen molar-refractivity contribution in [3.05, 3.63) is 29.8 Å². The van der Waals surface area contributed by atoms with E-state index in [4.69, 9.17) is 17.2 Å². The lowest BCUT2D eigenvalue weighted by Crippen LogP contribution is -2.36. The minimum atomic E-state index is -1.15. The van der Waals surface area contributed by atoms with Gasteiger partial charge in [0.2, 0.25) is 0 Å². The third-order valence-electron chi connectivity index (χ3n) is 1.94. The van der Waals surface area contributed by atoms with Gasteiger partial charge in [0.15, 0.2) is 0 Å². The predicted molar refractivity (Wildman–Crippen MR) is 65.5 cm³/mol. The number of hydrogen-bond acceptors (Lipinski definition) is 5. The van der Waals surface area contributed by atoms with E-state index in [1.807, 2.05) is 0 Å². The molecule has 1 atom stereocenters. The Hall–Kier alpha value is -1.79. The highest BCUT2D eigenvalue weighted by Crippen LogP contribution is 2.07. The summed E-state index contributed by atoms with van der Waals surface area (Å²) in [5.41, 5.74) is 17.2. The number of primary amides is 1. The topological polar surface area (TPSA) is 121 Å². The monoisotopic (exact) mass is 259 g/mol. The van der Waals surface area contributed by atoms with Crippen molar-refractivity contribution in [3.63, 3.8) is 0 Å². The van der Waals surface area contributed by atoms with E-state index < -0.39 is 18.1 Å². The molecule has 1 amide bonds. The zero-order valence-electron chi connectivity index (χ0n) is 8.96. The van der Waals surface area contributed by atoms with Crippen molar-refractivity contribution in [3.8, 4) is 0 Å². The van der Waals surface area contributed by atoms with Crippen molar-refractivity contribution in [2.75, 3.05) is 5.73 Å². The Morgan fingerprint density at radius 1 is 1.24 bits per heavy atom. The number of halogens is 1. The average Bonchev–Trinajstić information content (AvgIpc) is 2.20. The van der Waals surface area contributed by atoms with Gasteiger partial charge in [0, 0.05) is 5.69 Å². The van der Waals surface area contributed by atoms with Gasteiger partial charge in [-0.25, -0.2) is 9.59 Å². The highest BCUT2D eigenvalue weighted by atomic mass is 35.5. The number of hydrogen-bond donors (Lipinski definition) is 3. The fourth-order valence-electron chi connectivity index (χ4n) is 1.17. The van der Waals surface area contributed by atoms with E-state index in [2.05, 4.69) is 4.74 Å². The normalized spacial score (nSPS) is 11.1. The van der Waals surface area contributed by atoms with E-state index in [0.717, 1.165) is 5.56 Å². The van der Waals surface area contributed by atoms with Crippen LogP contribution in [0.25, 0.3) is 0 Å². The molecule has 0 heterocycles. The van der Waals surface area contributed by atoms with Crippen LogP contribution in [0.4, 0.5) is 10.5 Å². The van der Waals surface area contributed by atoms with Gasteiger partial charge in [0.1, 0.15) is 6.04 Å². The number of carbonyl (C=O) groups is 2. The van der Waals surface area contributed by atoms with Crippen LogP contribution >= 0.6 is 12.4 Å². The molecule has 94 valence electrons. The molecule has 1 aromatic rings. The molecule has 0 aliphatic rings. The van der Waals surface area contributed by atoms with Crippen LogP contribution in [0.1, 0.15) is 5.56 Å². The van der Waals surface area contributed by atoms with Crippen molar-refractivity contribution < 1.29 is 14.3 Å². The van der Waals surface area contributed by atoms with E-state index in [-0.39, 0.29) is 18.8 Å². The summed E-state index contributed by atoms with van der Waals surface area (Å²) < 4.78 is 4.16. The lowest BCUT2D eigenvalue weighted by Gasteiger charge is -2.09. The van der Waals surface area contributed by atoms with Crippen LogP contribution in [0.15, 0.2) is 24.3 Å². The second-order valence-corrected chi connectivity index (χ2v) is 3.29. The van der Waals surface area contributed by atoms with Crippen LogP contribution in [0.2, 0.25) is 0 Å². The maximum absolute atomic E-state index is 11.2. The molecule has 0 fully saturated rings. The van der Waals surface area contributed by atoms with Crippen molar-refractivity contribution in [1.82, 2.24) is 0 Å². The van der Waals surface area contributed by atoms with E-state index in [9.17, 15) is 9.59 Å². The highest BCUT2D eigenvalue weighted by molar-refractivity contribution is 5.87. The number of nitrogens with two attached hydrogens (primary N) is 3. The van der Waals surface area contributed by atoms with Gasteiger partial charge in [-0.15, -0.1) is 12.4 Å². The van der Waals surface area contributed by atoms with Crippen molar-refractivity contribution in [2.45, 2.75) is 12.5 Å². The number of esters is 1. The summed E-state index contributed by atoms with van der Waals surface area (Å²) in [5.74, 6) is -0.843. The first-order valence-electron chi connectivity index (χ1n) is 4.60. The summed E-state index contributed by atoms with van der Waals surface area (Å²) in [7, 11) is 0. The minimum Gasteiger partial charge on any atom is -0.399 e. The van der Waals surface area contributed by atoms with Crippen molar-refractivity contribution in [1.29, 1.82) is 0 Å². The molecule has 17 heavy (non-hydrogen) atoms. The Kier molecular flexibility index (Phi) is 6.01. The molecule has 0 radical (unpaired) electrons. The number of anilines is 1. The maximum atomic E-state index is 11.2. The van der Waals surface area contributed by atoms with Crippen LogP contribution in [-0.4, -0.2) is 18.1 Å². The van der Waals surface area contributed by atoms with Gasteiger partial charge < -0.3 is 21.9 Å². The molecule has 0 saturated heterocycles. The third-order valence-corrected chi connectivity index (χ3v) is 1.94. The lowest BCUT2D eigenvalue weighted by molar-refractivity contribution is -0.138. The SMILES string of the molecule is Cl.NC(=O)OC(=O)[C@@H](N)Cc1ccc(N)cc1. The molecule has 6 N–H and O–H groups in total. The molecule has 0 spiro atoms. The first kappa shape index (κ1) is 15.2. The van der Waals surface area contributed by atoms with Gasteiger partial charge in [-0.1, -0.05) is 12.1 Å². The fraction of sp³-hybridized carbons (Fsp3) is 0.200. The smallest absolute Gasteiger partial charge is 0.399 e. The molecule has 1 rings (SSSR count). The van der Waals surface area contributed by atoms with Crippen molar-refractivity contribution in [2.24, 2.45) is 11.5 Å². The predicted octanol–water partition coefficient (Wildman–Crippen LogP) is 0.182. The Labute approximate surface area is 105 Å². The van der Waals surface area contributed by atoms with Gasteiger partial charge in [0.05, 0.1) is 0 Å². The van der Waals surface area contributed by atoms with Gasteiger partial charge >= 0.3 is 12.1 Å². The first-order chi connectivity index (χ1) is 7.49. The van der Waals surface area contributed by atoms with Crippen LogP contribution in [0, 0.1) is 0 Å². The summed E-state index contributed by atoms with van der Waals surface area (Å²) in [6, 6.07) is 5.96. The maximum Gasteiger partial charge on any atom is 0.412 e. The molecule has 1 aromatic carbocycles. The van der Waals surface area contributed by atoms with Crippen molar-refractivity contribution >= 4 is 30.2 Å². The van der Waals surface area contributed by atoms with E-state index in [1.54, 1.807) is 24.3 Å². The number of ether oxygens (including phenoxy) is 1. The zero-order valence-corrected chi connectivity index (χ0v) is 9.78. The molecule has 0 aliphatic carbocycles. The van der Waals surface area contributed by atoms with Gasteiger partial charge in [-0.05, 0) is 24.1 Å². The van der Waals surface area contributed by atoms with E-state index >= 15 is 0 Å². The Balaban J connectivity index is 0.00000256. The number of rotatable bonds is 3. The molecule has 7 heteroatoms. The summed E-state index contributed by atoms with van der Waals surface area (Å²) >= 11 is 0. The van der Waals surface area contributed by atoms with Gasteiger partial charge in [0.25, 0.3) is 0 Å². The highest BCUT2D eigenvalue weighted by Gasteiger charge is 2.17. The standard InChI is InChI=1S/C10H13N3O3.ClH/c11-7-3-1-6(2-4-7)5-8(12)9(14)16-10(13)15;/h1-4,8H,5,11-12H2,(H2,13,15);1H/t8-;/m0./s1. The summed E-state index contributed by atoms with van der Waals surface area (Å²) in [5, 5.41) is 0. The number of carbonyl (C=O) groups excluding carboxylic acids is 2. The summed E-state index contributed by atoms with van der Waals surface area (Å²) in [6.07, 6.45) is -0.899. The van der Waals surface area contributed by atoms with Crippen LogP contribution in [0.5, 0.6) is 0 Å². The zero-order chi connectivity index (χ0) is 12.1. The summed E-state index contributed by atoms with van der Waals surface area (Å²) in [6.45, 7) is 0. The number of benzene rings is 1. The molecule has 6 nitrogen and oxygen atoms in total. The van der Waals surface area contributed by atoms with Crippen LogP contribution in [0.3, 0.4) is 0 Å². The molecule has 0 aromatic heterocycles. The Morgan fingerprint density at radius 2 is 1.76 bits per heavy atom. The second kappa shape index (κ2) is 6.72. The van der Waals surface area contributed by atoms with Crippen LogP contribution < -0.4 is 17.2 Å². The van der Waals surface area contributed by atoms with Gasteiger partial charge in [-0.2, -0.15) is 0 Å². The van der Waals surface area contributed by atoms with E-state index in [0.29, 0.717) is 5.69 Å². The summed E-state index contributed by atoms with van der Waals surface area (Å²) in [4.78, 5) is 21.5. The van der Waals surface area contributed by atoms with Crippen LogP contribution in [-0.2, 0) is 16.0 Å². The number of amides is 1. The third kappa shape index (κ3) is 5.19.